The quantitative estimate of drug-likeness (QED) is 0.713. The number of amides is 1. The van der Waals surface area contributed by atoms with Crippen molar-refractivity contribution < 1.29 is 4.79 Å². The third kappa shape index (κ3) is 3.08. The van der Waals surface area contributed by atoms with Crippen LogP contribution in [0.15, 0.2) is 64.8 Å². The summed E-state index contributed by atoms with van der Waals surface area (Å²) in [5.74, 6) is -0.322. The average Bonchev–Trinajstić information content (AvgIpc) is 2.37. The Morgan fingerprint density at radius 2 is 1.76 bits per heavy atom. The van der Waals surface area contributed by atoms with Crippen molar-refractivity contribution >= 4 is 11.6 Å². The molecule has 0 saturated carbocycles. The normalized spacial score (nSPS) is 10.6. The molecule has 3 heteroatoms. The number of hydrogen-bond acceptors (Lipinski definition) is 2. The smallest absolute Gasteiger partial charge is 0.265 e. The molecule has 2 aromatic rings. The van der Waals surface area contributed by atoms with Crippen molar-refractivity contribution in [2.75, 3.05) is 0 Å². The average molecular weight is 224 g/mol. The van der Waals surface area contributed by atoms with Gasteiger partial charge < -0.3 is 0 Å². The molecule has 0 radical (unpaired) electrons. The molecule has 0 heterocycles. The fraction of sp³-hybridized carbons (Fsp3) is 0.0714. The molecular formula is C14H12N2O. The molecule has 0 spiro atoms. The van der Waals surface area contributed by atoms with Crippen LogP contribution < -0.4 is 0 Å². The second-order valence-corrected chi connectivity index (χ2v) is 3.71. The Kier molecular flexibility index (Phi) is 3.40. The summed E-state index contributed by atoms with van der Waals surface area (Å²) in [4.78, 5) is 11.7. The number of rotatable bonds is 2. The summed E-state index contributed by atoms with van der Waals surface area (Å²) < 4.78 is 0. The first-order valence-electron chi connectivity index (χ1n) is 5.33. The minimum atomic E-state index is -0.322. The highest BCUT2D eigenvalue weighted by molar-refractivity contribution is 5.94. The number of nitrogens with zero attached hydrogens (tertiary/aromatic N) is 2. The van der Waals surface area contributed by atoms with Gasteiger partial charge in [0.25, 0.3) is 5.91 Å². The zero-order valence-electron chi connectivity index (χ0n) is 9.50. The highest BCUT2D eigenvalue weighted by Gasteiger charge is 2.03. The second-order valence-electron chi connectivity index (χ2n) is 3.71. The van der Waals surface area contributed by atoms with Gasteiger partial charge in [-0.3, -0.25) is 4.79 Å². The van der Waals surface area contributed by atoms with Crippen molar-refractivity contribution in [3.63, 3.8) is 0 Å². The Labute approximate surface area is 99.8 Å². The Bertz CT molecular complexity index is 547. The maximum Gasteiger partial charge on any atom is 0.295 e. The van der Waals surface area contributed by atoms with E-state index in [1.165, 1.54) is 0 Å². The molecule has 2 rings (SSSR count). The number of aryl methyl sites for hydroxylation is 1. The summed E-state index contributed by atoms with van der Waals surface area (Å²) in [6.07, 6.45) is 0. The third-order valence-electron chi connectivity index (χ3n) is 2.28. The number of carbonyl (C=O) groups is 1. The van der Waals surface area contributed by atoms with Crippen LogP contribution >= 0.6 is 0 Å². The van der Waals surface area contributed by atoms with Crippen molar-refractivity contribution in [1.82, 2.24) is 0 Å². The molecule has 0 aliphatic rings. The molecule has 0 fully saturated rings. The highest BCUT2D eigenvalue weighted by Crippen LogP contribution is 2.12. The van der Waals surface area contributed by atoms with E-state index in [0.29, 0.717) is 11.3 Å². The monoisotopic (exact) mass is 224 g/mol. The van der Waals surface area contributed by atoms with Crippen LogP contribution in [0.2, 0.25) is 0 Å². The van der Waals surface area contributed by atoms with E-state index >= 15 is 0 Å². The van der Waals surface area contributed by atoms with Gasteiger partial charge in [0.1, 0.15) is 0 Å². The topological polar surface area (TPSA) is 41.8 Å². The SMILES string of the molecule is Cc1cccc(C(=O)N=Nc2ccccc2)c1. The summed E-state index contributed by atoms with van der Waals surface area (Å²) >= 11 is 0. The van der Waals surface area contributed by atoms with Crippen molar-refractivity contribution in [1.29, 1.82) is 0 Å². The molecule has 0 aromatic heterocycles. The van der Waals surface area contributed by atoms with E-state index in [0.717, 1.165) is 5.56 Å². The first kappa shape index (κ1) is 11.2. The molecule has 17 heavy (non-hydrogen) atoms. The maximum absolute atomic E-state index is 11.7. The Balaban J connectivity index is 2.15. The fourth-order valence-electron chi connectivity index (χ4n) is 1.43. The summed E-state index contributed by atoms with van der Waals surface area (Å²) in [5.41, 5.74) is 2.27. The molecule has 0 unspecified atom stereocenters. The van der Waals surface area contributed by atoms with Gasteiger partial charge in [-0.25, -0.2) is 0 Å². The van der Waals surface area contributed by atoms with Gasteiger partial charge in [-0.15, -0.1) is 10.2 Å². The number of hydrogen-bond donors (Lipinski definition) is 0. The van der Waals surface area contributed by atoms with Crippen LogP contribution in [-0.2, 0) is 0 Å². The molecule has 2 aromatic carbocycles. The molecule has 0 saturated heterocycles. The molecular weight excluding hydrogens is 212 g/mol. The van der Waals surface area contributed by atoms with E-state index in [2.05, 4.69) is 10.2 Å². The predicted octanol–water partition coefficient (Wildman–Crippen LogP) is 3.92. The largest absolute Gasteiger partial charge is 0.295 e. The van der Waals surface area contributed by atoms with Crippen molar-refractivity contribution in [2.45, 2.75) is 6.92 Å². The predicted molar refractivity (Wildman–Crippen MR) is 66.5 cm³/mol. The van der Waals surface area contributed by atoms with E-state index < -0.39 is 0 Å². The van der Waals surface area contributed by atoms with Crippen LogP contribution in [0.5, 0.6) is 0 Å². The lowest BCUT2D eigenvalue weighted by Gasteiger charge is -1.96. The Morgan fingerprint density at radius 3 is 2.47 bits per heavy atom. The highest BCUT2D eigenvalue weighted by atomic mass is 16.1. The molecule has 0 atom stereocenters. The molecule has 3 nitrogen and oxygen atoms in total. The van der Waals surface area contributed by atoms with Crippen LogP contribution in [0.1, 0.15) is 15.9 Å². The number of carbonyl (C=O) groups excluding carboxylic acids is 1. The zero-order chi connectivity index (χ0) is 12.1. The van der Waals surface area contributed by atoms with Gasteiger partial charge in [-0.05, 0) is 31.2 Å². The van der Waals surface area contributed by atoms with Crippen molar-refractivity contribution in [3.8, 4) is 0 Å². The van der Waals surface area contributed by atoms with Gasteiger partial charge in [0.15, 0.2) is 0 Å². The van der Waals surface area contributed by atoms with Gasteiger partial charge in [0.05, 0.1) is 5.69 Å². The number of benzene rings is 2. The third-order valence-corrected chi connectivity index (χ3v) is 2.28. The van der Waals surface area contributed by atoms with E-state index in [1.807, 2.05) is 37.3 Å². The molecule has 0 N–H and O–H groups in total. The van der Waals surface area contributed by atoms with Crippen LogP contribution in [-0.4, -0.2) is 5.91 Å². The Morgan fingerprint density at radius 1 is 1.00 bits per heavy atom. The van der Waals surface area contributed by atoms with Gasteiger partial charge >= 0.3 is 0 Å². The van der Waals surface area contributed by atoms with E-state index in [4.69, 9.17) is 0 Å². The summed E-state index contributed by atoms with van der Waals surface area (Å²) in [5, 5.41) is 7.58. The van der Waals surface area contributed by atoms with Gasteiger partial charge in [-0.2, -0.15) is 0 Å². The number of azo groups is 1. The standard InChI is InChI=1S/C14H12N2O/c1-11-6-5-7-12(10-11)14(17)16-15-13-8-3-2-4-9-13/h2-10H,1H3. The summed E-state index contributed by atoms with van der Waals surface area (Å²) in [6, 6.07) is 16.5. The van der Waals surface area contributed by atoms with Gasteiger partial charge in [-0.1, -0.05) is 35.9 Å². The van der Waals surface area contributed by atoms with E-state index in [1.54, 1.807) is 24.3 Å². The van der Waals surface area contributed by atoms with E-state index in [-0.39, 0.29) is 5.91 Å². The lowest BCUT2D eigenvalue weighted by Crippen LogP contribution is -1.93. The summed E-state index contributed by atoms with van der Waals surface area (Å²) in [6.45, 7) is 1.94. The second kappa shape index (κ2) is 5.16. The van der Waals surface area contributed by atoms with Crippen molar-refractivity contribution in [2.24, 2.45) is 10.2 Å². The first-order valence-corrected chi connectivity index (χ1v) is 5.33. The van der Waals surface area contributed by atoms with Crippen LogP contribution in [0.25, 0.3) is 0 Å². The molecule has 1 amide bonds. The zero-order valence-corrected chi connectivity index (χ0v) is 9.50. The maximum atomic E-state index is 11.7. The summed E-state index contributed by atoms with van der Waals surface area (Å²) in [7, 11) is 0. The molecule has 0 aliphatic heterocycles. The van der Waals surface area contributed by atoms with Gasteiger partial charge in [0, 0.05) is 5.56 Å². The van der Waals surface area contributed by atoms with Crippen LogP contribution in [0.3, 0.4) is 0 Å². The fourth-order valence-corrected chi connectivity index (χ4v) is 1.43. The van der Waals surface area contributed by atoms with Crippen LogP contribution in [0, 0.1) is 6.92 Å². The van der Waals surface area contributed by atoms with Gasteiger partial charge in [0.2, 0.25) is 0 Å². The van der Waals surface area contributed by atoms with Crippen molar-refractivity contribution in [3.05, 3.63) is 65.7 Å². The first-order chi connectivity index (χ1) is 8.25. The molecule has 0 bridgehead atoms. The lowest BCUT2D eigenvalue weighted by molar-refractivity contribution is 0.0995. The lowest BCUT2D eigenvalue weighted by atomic mass is 10.1. The minimum absolute atomic E-state index is 0.322. The molecule has 84 valence electrons. The van der Waals surface area contributed by atoms with E-state index in [9.17, 15) is 4.79 Å². The van der Waals surface area contributed by atoms with Crippen LogP contribution in [0.4, 0.5) is 5.69 Å². The molecule has 0 aliphatic carbocycles. The minimum Gasteiger partial charge on any atom is -0.265 e. The Hall–Kier alpha value is -2.29.